The molecule has 0 aliphatic carbocycles. The predicted octanol–water partition coefficient (Wildman–Crippen LogP) is 1.97. The van der Waals surface area contributed by atoms with Crippen LogP contribution in [0, 0.1) is 0 Å². The minimum Gasteiger partial charge on any atom is -0.390 e. The molecule has 0 radical (unpaired) electrons. The van der Waals surface area contributed by atoms with Crippen molar-refractivity contribution >= 4 is 0 Å². The standard InChI is InChI=1S/C5H12O.CH4.H3N/c1-4-5(2,3)6;;/h6H,4H2,1-3H3;1H4;1H3. The molecule has 0 heterocycles. The van der Waals surface area contributed by atoms with Gasteiger partial charge in [-0.3, -0.25) is 0 Å². The lowest BCUT2D eigenvalue weighted by Gasteiger charge is -2.11. The van der Waals surface area contributed by atoms with Crippen molar-refractivity contribution in [3.63, 3.8) is 0 Å². The maximum absolute atomic E-state index is 8.83. The molecule has 0 aliphatic heterocycles. The molecule has 0 spiro atoms. The van der Waals surface area contributed by atoms with Crippen LogP contribution < -0.4 is 6.15 Å². The third-order valence-electron chi connectivity index (χ3n) is 0.865. The molecule has 0 rings (SSSR count). The zero-order chi connectivity index (χ0) is 5.21. The number of aliphatic hydroxyl groups is 1. The molecular weight excluding hydrogens is 102 g/mol. The molecule has 0 saturated heterocycles. The first-order chi connectivity index (χ1) is 2.56. The number of hydrogen-bond acceptors (Lipinski definition) is 2. The van der Waals surface area contributed by atoms with E-state index in [-0.39, 0.29) is 13.6 Å². The maximum Gasteiger partial charge on any atom is 0.0589 e. The van der Waals surface area contributed by atoms with E-state index in [9.17, 15) is 0 Å². The lowest BCUT2D eigenvalue weighted by molar-refractivity contribution is 0.0765. The second-order valence-electron chi connectivity index (χ2n) is 2.17. The van der Waals surface area contributed by atoms with Crippen LogP contribution in [-0.2, 0) is 0 Å². The summed E-state index contributed by atoms with van der Waals surface area (Å²) in [4.78, 5) is 0. The summed E-state index contributed by atoms with van der Waals surface area (Å²) in [6, 6.07) is 0. The van der Waals surface area contributed by atoms with E-state index in [1.54, 1.807) is 13.8 Å². The van der Waals surface area contributed by atoms with Gasteiger partial charge in [-0.15, -0.1) is 0 Å². The highest BCUT2D eigenvalue weighted by atomic mass is 16.3. The minimum absolute atomic E-state index is 0. The Labute approximate surface area is 52.5 Å². The van der Waals surface area contributed by atoms with E-state index in [0.29, 0.717) is 0 Å². The Morgan fingerprint density at radius 1 is 1.38 bits per heavy atom. The Morgan fingerprint density at radius 2 is 1.50 bits per heavy atom. The van der Waals surface area contributed by atoms with Crippen LogP contribution in [0.2, 0.25) is 0 Å². The molecule has 0 aromatic heterocycles. The van der Waals surface area contributed by atoms with Crippen molar-refractivity contribution < 1.29 is 5.11 Å². The zero-order valence-corrected chi connectivity index (χ0v) is 5.36. The van der Waals surface area contributed by atoms with E-state index in [1.165, 1.54) is 0 Å². The first-order valence-electron chi connectivity index (χ1n) is 2.28. The van der Waals surface area contributed by atoms with E-state index in [2.05, 4.69) is 0 Å². The van der Waals surface area contributed by atoms with Crippen LogP contribution >= 0.6 is 0 Å². The van der Waals surface area contributed by atoms with Gasteiger partial charge in [0.1, 0.15) is 0 Å². The van der Waals surface area contributed by atoms with Gasteiger partial charge in [0.2, 0.25) is 0 Å². The van der Waals surface area contributed by atoms with Gasteiger partial charge in [0.15, 0.2) is 0 Å². The van der Waals surface area contributed by atoms with Crippen LogP contribution in [0.1, 0.15) is 34.6 Å². The lowest BCUT2D eigenvalue weighted by atomic mass is 10.1. The molecule has 0 unspecified atom stereocenters. The second kappa shape index (κ2) is 5.06. The van der Waals surface area contributed by atoms with Gasteiger partial charge in [-0.2, -0.15) is 0 Å². The van der Waals surface area contributed by atoms with Crippen LogP contribution in [0.25, 0.3) is 0 Å². The van der Waals surface area contributed by atoms with Crippen LogP contribution in [0.15, 0.2) is 0 Å². The van der Waals surface area contributed by atoms with Crippen molar-refractivity contribution in [2.75, 3.05) is 0 Å². The molecule has 0 aromatic rings. The Hall–Kier alpha value is -0.0800. The van der Waals surface area contributed by atoms with Crippen LogP contribution in [-0.4, -0.2) is 10.7 Å². The fourth-order valence-corrected chi connectivity index (χ4v) is 0. The monoisotopic (exact) mass is 121 g/mol. The minimum atomic E-state index is -0.458. The molecule has 0 fully saturated rings. The normalized spacial score (nSPS) is 9.00. The highest BCUT2D eigenvalue weighted by Gasteiger charge is 2.05. The molecule has 0 aliphatic rings. The van der Waals surface area contributed by atoms with Gasteiger partial charge in [0.05, 0.1) is 5.60 Å². The fraction of sp³-hybridized carbons (Fsp3) is 1.00. The molecule has 0 bridgehead atoms. The van der Waals surface area contributed by atoms with E-state index in [0.717, 1.165) is 6.42 Å². The van der Waals surface area contributed by atoms with Crippen LogP contribution in [0.5, 0.6) is 0 Å². The molecule has 2 heteroatoms. The van der Waals surface area contributed by atoms with Crippen LogP contribution in [0.3, 0.4) is 0 Å². The second-order valence-corrected chi connectivity index (χ2v) is 2.17. The van der Waals surface area contributed by atoms with E-state index >= 15 is 0 Å². The molecule has 8 heavy (non-hydrogen) atoms. The summed E-state index contributed by atoms with van der Waals surface area (Å²) in [6.07, 6.45) is 0.826. The van der Waals surface area contributed by atoms with Crippen molar-refractivity contribution in [3.05, 3.63) is 0 Å². The quantitative estimate of drug-likeness (QED) is 0.557. The number of hydrogen-bond donors (Lipinski definition) is 2. The largest absolute Gasteiger partial charge is 0.390 e. The molecule has 54 valence electrons. The third kappa shape index (κ3) is 16.8. The molecule has 2 nitrogen and oxygen atoms in total. The van der Waals surface area contributed by atoms with Gasteiger partial charge < -0.3 is 11.3 Å². The SMILES string of the molecule is C.CCC(C)(C)O.N. The summed E-state index contributed by atoms with van der Waals surface area (Å²) in [6.45, 7) is 5.56. The van der Waals surface area contributed by atoms with Crippen molar-refractivity contribution in [2.45, 2.75) is 40.2 Å². The van der Waals surface area contributed by atoms with Gasteiger partial charge >= 0.3 is 0 Å². The topological polar surface area (TPSA) is 55.2 Å². The smallest absolute Gasteiger partial charge is 0.0589 e. The summed E-state index contributed by atoms with van der Waals surface area (Å²) in [7, 11) is 0. The van der Waals surface area contributed by atoms with Gasteiger partial charge in [0, 0.05) is 0 Å². The van der Waals surface area contributed by atoms with Crippen molar-refractivity contribution in [2.24, 2.45) is 0 Å². The molecule has 0 atom stereocenters. The van der Waals surface area contributed by atoms with Gasteiger partial charge in [-0.1, -0.05) is 14.4 Å². The summed E-state index contributed by atoms with van der Waals surface area (Å²) >= 11 is 0. The van der Waals surface area contributed by atoms with Crippen molar-refractivity contribution in [1.29, 1.82) is 0 Å². The average molecular weight is 121 g/mol. The molecule has 4 N–H and O–H groups in total. The Bertz CT molecular complexity index is 38.3. The Morgan fingerprint density at radius 3 is 1.50 bits per heavy atom. The predicted molar refractivity (Wildman–Crippen MR) is 38.3 cm³/mol. The first kappa shape index (κ1) is 15.7. The number of rotatable bonds is 1. The fourth-order valence-electron chi connectivity index (χ4n) is 0. The average Bonchev–Trinajstić information content (AvgIpc) is 1.35. The molecule has 0 saturated carbocycles. The first-order valence-corrected chi connectivity index (χ1v) is 2.28. The molecule has 0 aromatic carbocycles. The summed E-state index contributed by atoms with van der Waals surface area (Å²) in [5, 5.41) is 8.83. The Balaban J connectivity index is -0.000000125. The van der Waals surface area contributed by atoms with Gasteiger partial charge in [-0.25, -0.2) is 0 Å². The van der Waals surface area contributed by atoms with Gasteiger partial charge in [-0.05, 0) is 20.3 Å². The highest BCUT2D eigenvalue weighted by Crippen LogP contribution is 2.03. The zero-order valence-electron chi connectivity index (χ0n) is 5.36. The summed E-state index contributed by atoms with van der Waals surface area (Å²) < 4.78 is 0. The summed E-state index contributed by atoms with van der Waals surface area (Å²) in [5.41, 5.74) is -0.458. The van der Waals surface area contributed by atoms with E-state index in [4.69, 9.17) is 5.11 Å². The molecular formula is C6H19NO. The van der Waals surface area contributed by atoms with Gasteiger partial charge in [0.25, 0.3) is 0 Å². The van der Waals surface area contributed by atoms with Crippen molar-refractivity contribution in [1.82, 2.24) is 6.15 Å². The lowest BCUT2D eigenvalue weighted by Crippen LogP contribution is -2.15. The van der Waals surface area contributed by atoms with E-state index < -0.39 is 5.60 Å². The highest BCUT2D eigenvalue weighted by molar-refractivity contribution is 4.59. The van der Waals surface area contributed by atoms with Crippen LogP contribution in [0.4, 0.5) is 0 Å². The Kier molecular flexibility index (Phi) is 9.92. The molecule has 0 amide bonds. The third-order valence-corrected chi connectivity index (χ3v) is 0.865. The maximum atomic E-state index is 8.83. The summed E-state index contributed by atoms with van der Waals surface area (Å²) in [5.74, 6) is 0. The van der Waals surface area contributed by atoms with E-state index in [1.807, 2.05) is 6.92 Å². The van der Waals surface area contributed by atoms with Crippen molar-refractivity contribution in [3.8, 4) is 0 Å².